The van der Waals surface area contributed by atoms with Crippen molar-refractivity contribution >= 4 is 11.0 Å². The van der Waals surface area contributed by atoms with Gasteiger partial charge in [0.15, 0.2) is 11.6 Å². The summed E-state index contributed by atoms with van der Waals surface area (Å²) in [5.74, 6) is -1.83. The second-order valence-electron chi connectivity index (χ2n) is 3.60. The van der Waals surface area contributed by atoms with Crippen LogP contribution in [0, 0.1) is 11.6 Å². The van der Waals surface area contributed by atoms with Gasteiger partial charge < -0.3 is 0 Å². The Morgan fingerprint density at radius 2 is 1.76 bits per heavy atom. The molecule has 3 aromatic rings. The number of nitrogens with one attached hydrogen (secondary N) is 1. The zero-order valence-electron chi connectivity index (χ0n) is 8.61. The molecule has 0 radical (unpaired) electrons. The first-order valence-electron chi connectivity index (χ1n) is 5.01. The summed E-state index contributed by atoms with van der Waals surface area (Å²) in [5.41, 5.74) is 1.34. The Morgan fingerprint density at radius 1 is 1.00 bits per heavy atom. The first-order chi connectivity index (χ1) is 8.27. The minimum atomic E-state index is -0.926. The molecule has 0 bridgehead atoms. The van der Waals surface area contributed by atoms with Crippen LogP contribution in [-0.2, 0) is 0 Å². The number of hydrogen-bond donors (Lipinski definition) is 1. The topological polar surface area (TPSA) is 41.6 Å². The van der Waals surface area contributed by atoms with E-state index in [0.29, 0.717) is 16.6 Å². The summed E-state index contributed by atoms with van der Waals surface area (Å²) in [7, 11) is 0. The van der Waals surface area contributed by atoms with Crippen LogP contribution in [0.25, 0.3) is 22.2 Å². The average Bonchev–Trinajstić information content (AvgIpc) is 2.79. The van der Waals surface area contributed by atoms with Crippen molar-refractivity contribution in [2.24, 2.45) is 0 Å². The van der Waals surface area contributed by atoms with Gasteiger partial charge in [-0.2, -0.15) is 15.4 Å². The molecule has 0 aliphatic heterocycles. The largest absolute Gasteiger partial charge is 0.204 e. The minimum Gasteiger partial charge on any atom is -0.204 e. The molecule has 0 amide bonds. The van der Waals surface area contributed by atoms with E-state index in [9.17, 15) is 8.78 Å². The van der Waals surface area contributed by atoms with Gasteiger partial charge >= 0.3 is 0 Å². The van der Waals surface area contributed by atoms with Gasteiger partial charge in [-0.25, -0.2) is 8.78 Å². The number of hydrogen-bond acceptors (Lipinski definition) is 2. The monoisotopic (exact) mass is 231 g/mol. The molecular weight excluding hydrogens is 224 g/mol. The highest BCUT2D eigenvalue weighted by atomic mass is 19.2. The van der Waals surface area contributed by atoms with Crippen LogP contribution >= 0.6 is 0 Å². The van der Waals surface area contributed by atoms with Crippen molar-refractivity contribution in [1.82, 2.24) is 15.4 Å². The van der Waals surface area contributed by atoms with Crippen molar-refractivity contribution in [3.8, 4) is 11.1 Å². The van der Waals surface area contributed by atoms with Gasteiger partial charge in [-0.15, -0.1) is 0 Å². The van der Waals surface area contributed by atoms with E-state index in [2.05, 4.69) is 15.4 Å². The fourth-order valence-electron chi connectivity index (χ4n) is 1.80. The zero-order chi connectivity index (χ0) is 11.8. The third-order valence-corrected chi connectivity index (χ3v) is 2.57. The number of H-pyrrole nitrogens is 1. The number of benzene rings is 2. The van der Waals surface area contributed by atoms with Crippen LogP contribution < -0.4 is 0 Å². The van der Waals surface area contributed by atoms with E-state index < -0.39 is 11.6 Å². The molecule has 3 rings (SSSR count). The van der Waals surface area contributed by atoms with Gasteiger partial charge in [0.25, 0.3) is 0 Å². The van der Waals surface area contributed by atoms with Crippen LogP contribution in [0.2, 0.25) is 0 Å². The molecule has 0 saturated carbocycles. The Balaban J connectivity index is 2.42. The van der Waals surface area contributed by atoms with Gasteiger partial charge in [-0.05, 0) is 5.56 Å². The Morgan fingerprint density at radius 3 is 2.53 bits per heavy atom. The van der Waals surface area contributed by atoms with E-state index in [1.54, 1.807) is 30.3 Å². The van der Waals surface area contributed by atoms with E-state index >= 15 is 0 Å². The molecule has 0 saturated heterocycles. The maximum atomic E-state index is 13.8. The quantitative estimate of drug-likeness (QED) is 0.699. The molecular formula is C12H7F2N3. The molecule has 84 valence electrons. The zero-order valence-corrected chi connectivity index (χ0v) is 8.61. The third-order valence-electron chi connectivity index (χ3n) is 2.57. The highest BCUT2D eigenvalue weighted by Crippen LogP contribution is 2.30. The summed E-state index contributed by atoms with van der Waals surface area (Å²) in [6.45, 7) is 0. The lowest BCUT2D eigenvalue weighted by Gasteiger charge is -2.04. The predicted octanol–water partition coefficient (Wildman–Crippen LogP) is 2.90. The molecule has 0 unspecified atom stereocenters. The van der Waals surface area contributed by atoms with Crippen molar-refractivity contribution in [3.63, 3.8) is 0 Å². The fraction of sp³-hybridized carbons (Fsp3) is 0. The second-order valence-corrected chi connectivity index (χ2v) is 3.60. The summed E-state index contributed by atoms with van der Waals surface area (Å²) >= 11 is 0. The Kier molecular flexibility index (Phi) is 2.11. The number of halogens is 2. The molecule has 1 N–H and O–H groups in total. The van der Waals surface area contributed by atoms with E-state index in [4.69, 9.17) is 0 Å². The molecule has 0 aliphatic carbocycles. The first-order valence-corrected chi connectivity index (χ1v) is 5.01. The lowest BCUT2D eigenvalue weighted by Crippen LogP contribution is -1.91. The minimum absolute atomic E-state index is 0.134. The van der Waals surface area contributed by atoms with Crippen molar-refractivity contribution < 1.29 is 8.78 Å². The van der Waals surface area contributed by atoms with Gasteiger partial charge in [0.1, 0.15) is 11.0 Å². The third kappa shape index (κ3) is 1.47. The Bertz CT molecular complexity index is 677. The molecule has 1 aromatic heterocycles. The maximum absolute atomic E-state index is 13.8. The number of aromatic nitrogens is 3. The highest BCUT2D eigenvalue weighted by Gasteiger charge is 2.17. The lowest BCUT2D eigenvalue weighted by molar-refractivity contribution is 0.513. The van der Waals surface area contributed by atoms with Crippen molar-refractivity contribution in [2.45, 2.75) is 0 Å². The van der Waals surface area contributed by atoms with E-state index in [1.807, 2.05) is 0 Å². The van der Waals surface area contributed by atoms with Crippen LogP contribution in [0.1, 0.15) is 0 Å². The molecule has 1 heterocycles. The lowest BCUT2D eigenvalue weighted by atomic mass is 10.0. The summed E-state index contributed by atoms with van der Waals surface area (Å²) in [6.07, 6.45) is 0. The predicted molar refractivity (Wildman–Crippen MR) is 59.2 cm³/mol. The standard InChI is InChI=1S/C12H7F2N3/c13-8-6-9-12(16-17-15-9)10(11(8)14)7-4-2-1-3-5-7/h1-6H,(H,15,16,17). The molecule has 5 heteroatoms. The average molecular weight is 231 g/mol. The molecule has 17 heavy (non-hydrogen) atoms. The highest BCUT2D eigenvalue weighted by molar-refractivity contribution is 5.91. The van der Waals surface area contributed by atoms with Crippen molar-refractivity contribution in [3.05, 3.63) is 48.0 Å². The van der Waals surface area contributed by atoms with Crippen LogP contribution in [0.15, 0.2) is 36.4 Å². The van der Waals surface area contributed by atoms with Crippen LogP contribution in [0.4, 0.5) is 8.78 Å². The summed E-state index contributed by atoms with van der Waals surface area (Å²) < 4.78 is 27.3. The van der Waals surface area contributed by atoms with Crippen molar-refractivity contribution in [1.29, 1.82) is 0 Å². The Hall–Kier alpha value is -2.30. The van der Waals surface area contributed by atoms with E-state index in [0.717, 1.165) is 6.07 Å². The molecule has 0 aliphatic rings. The second kappa shape index (κ2) is 3.62. The van der Waals surface area contributed by atoms with Gasteiger partial charge in [0.2, 0.25) is 0 Å². The molecule has 0 atom stereocenters. The summed E-state index contributed by atoms with van der Waals surface area (Å²) in [5, 5.41) is 9.99. The number of nitrogens with zero attached hydrogens (tertiary/aromatic N) is 2. The van der Waals surface area contributed by atoms with Crippen LogP contribution in [-0.4, -0.2) is 15.4 Å². The van der Waals surface area contributed by atoms with Crippen molar-refractivity contribution in [2.75, 3.05) is 0 Å². The van der Waals surface area contributed by atoms with E-state index in [-0.39, 0.29) is 5.56 Å². The van der Waals surface area contributed by atoms with E-state index in [1.165, 1.54) is 0 Å². The molecule has 0 fully saturated rings. The SMILES string of the molecule is Fc1cc2n[nH]nc2c(-c2ccccc2)c1F. The number of fused-ring (bicyclic) bond motifs is 1. The van der Waals surface area contributed by atoms with Gasteiger partial charge in [0.05, 0.1) is 5.56 Å². The van der Waals surface area contributed by atoms with Gasteiger partial charge in [-0.1, -0.05) is 30.3 Å². The summed E-state index contributed by atoms with van der Waals surface area (Å²) in [4.78, 5) is 0. The fourth-order valence-corrected chi connectivity index (χ4v) is 1.80. The maximum Gasteiger partial charge on any atom is 0.169 e. The molecule has 0 spiro atoms. The summed E-state index contributed by atoms with van der Waals surface area (Å²) in [6, 6.07) is 9.75. The molecule has 2 aromatic carbocycles. The molecule has 3 nitrogen and oxygen atoms in total. The van der Waals surface area contributed by atoms with Gasteiger partial charge in [-0.3, -0.25) is 0 Å². The first kappa shape index (κ1) is 9.89. The number of aromatic amines is 1. The Labute approximate surface area is 95.1 Å². The van der Waals surface area contributed by atoms with Gasteiger partial charge in [0, 0.05) is 6.07 Å². The normalized spacial score (nSPS) is 10.9. The van der Waals surface area contributed by atoms with Crippen LogP contribution in [0.3, 0.4) is 0 Å². The number of rotatable bonds is 1. The van der Waals surface area contributed by atoms with Crippen LogP contribution in [0.5, 0.6) is 0 Å². The smallest absolute Gasteiger partial charge is 0.169 e.